The van der Waals surface area contributed by atoms with E-state index in [1.54, 1.807) is 0 Å². The fraction of sp³-hybridized carbons (Fsp3) is 0.765. The van der Waals surface area contributed by atoms with Gasteiger partial charge in [-0.1, -0.05) is 155 Å². The minimum Gasteiger partial charge on any atom is -0.268 e. The van der Waals surface area contributed by atoms with Gasteiger partial charge in [0, 0.05) is 29.2 Å². The molecular weight excluding hydrogens is 565 g/mol. The summed E-state index contributed by atoms with van der Waals surface area (Å²) >= 11 is 0. The van der Waals surface area contributed by atoms with Crippen LogP contribution >= 0.6 is 22.0 Å². The number of fused-ring (bicyclic) bond motifs is 4. The molecule has 0 radical (unpaired) electrons. The Balaban J connectivity index is 1.13. The number of carbonyl (C=O) groups excluding carboxylic acids is 4. The molecule has 0 aromatic heterocycles. The van der Waals surface area contributed by atoms with Crippen molar-refractivity contribution in [3.05, 3.63) is 23.3 Å². The van der Waals surface area contributed by atoms with Gasteiger partial charge in [-0.3, -0.25) is 19.2 Å². The molecule has 0 unspecified atom stereocenters. The molecule has 0 spiro atoms. The third-order valence-electron chi connectivity index (χ3n) is 8.85. The Kier molecular flexibility index (Phi) is 17.0. The molecule has 3 aliphatic heterocycles. The Labute approximate surface area is 262 Å². The van der Waals surface area contributed by atoms with Crippen LogP contribution in [-0.4, -0.2) is 32.2 Å². The fourth-order valence-corrected chi connectivity index (χ4v) is 8.24. The van der Waals surface area contributed by atoms with Gasteiger partial charge in [-0.2, -0.15) is 0 Å². The average Bonchev–Trinajstić information content (AvgIpc) is 3.42. The van der Waals surface area contributed by atoms with Crippen LogP contribution in [0.2, 0.25) is 0 Å². The normalized spacial score (nSPS) is 17.2. The second kappa shape index (κ2) is 20.4. The lowest BCUT2D eigenvalue weighted by molar-refractivity contribution is -0.132. The lowest BCUT2D eigenvalue weighted by Crippen LogP contribution is -2.25. The van der Waals surface area contributed by atoms with Crippen LogP contribution in [0.25, 0.3) is 0 Å². The second-order valence-corrected chi connectivity index (χ2v) is 14.3. The van der Waals surface area contributed by atoms with Crippen LogP contribution < -0.4 is 0 Å². The third-order valence-corrected chi connectivity index (χ3v) is 11.0. The minimum absolute atomic E-state index is 0.350. The zero-order valence-electron chi connectivity index (χ0n) is 26.0. The molecule has 4 amide bonds. The molecule has 4 bridgehead atoms. The van der Waals surface area contributed by atoms with Gasteiger partial charge in [0.25, 0.3) is 23.6 Å². The number of imide groups is 2. The maximum atomic E-state index is 12.8. The number of hydrogen-bond donors (Lipinski definition) is 0. The van der Waals surface area contributed by atoms with Crippen LogP contribution in [0.3, 0.4) is 0 Å². The predicted octanol–water partition coefficient (Wildman–Crippen LogP) is 9.80. The molecule has 42 heavy (non-hydrogen) atoms. The topological polar surface area (TPSA) is 74.8 Å². The Bertz CT molecular complexity index is 898. The maximum absolute atomic E-state index is 12.8. The molecule has 0 atom stereocenters. The Morgan fingerprint density at radius 2 is 0.762 bits per heavy atom. The standard InChI is InChI=1S/C34H54N2O4S2/c1-2-3-4-5-6-7-8-9-10-11-12-13-14-15-16-17-18-19-20-21-22-23-24-25-28-29-26-31(37)35(33(29)39)41-42-36-32(38)27-30(28)34(36)40/h26-28H,2-25H2,1H3. The van der Waals surface area contributed by atoms with Crippen LogP contribution in [0.15, 0.2) is 23.3 Å². The van der Waals surface area contributed by atoms with E-state index in [1.807, 2.05) is 0 Å². The van der Waals surface area contributed by atoms with E-state index in [1.165, 1.54) is 141 Å². The first-order chi connectivity index (χ1) is 20.5. The van der Waals surface area contributed by atoms with Crippen molar-refractivity contribution in [2.45, 2.75) is 161 Å². The second-order valence-electron chi connectivity index (χ2n) is 12.3. The fourth-order valence-electron chi connectivity index (χ4n) is 6.26. The number of nitrogens with zero attached hydrogens (tertiary/aromatic N) is 2. The highest BCUT2D eigenvalue weighted by molar-refractivity contribution is 8.75. The first-order valence-electron chi connectivity index (χ1n) is 17.1. The molecule has 0 saturated carbocycles. The van der Waals surface area contributed by atoms with Crippen LogP contribution in [0, 0.1) is 5.92 Å². The summed E-state index contributed by atoms with van der Waals surface area (Å²) in [6, 6.07) is 0. The van der Waals surface area contributed by atoms with Crippen LogP contribution in [0.5, 0.6) is 0 Å². The van der Waals surface area contributed by atoms with E-state index >= 15 is 0 Å². The molecule has 236 valence electrons. The maximum Gasteiger partial charge on any atom is 0.268 e. The molecule has 0 aromatic carbocycles. The van der Waals surface area contributed by atoms with Gasteiger partial charge in [0.05, 0.1) is 22.0 Å². The predicted molar refractivity (Wildman–Crippen MR) is 175 cm³/mol. The monoisotopic (exact) mass is 618 g/mol. The number of unbranched alkanes of at least 4 members (excludes halogenated alkanes) is 22. The average molecular weight is 619 g/mol. The summed E-state index contributed by atoms with van der Waals surface area (Å²) in [7, 11) is 1.68. The van der Waals surface area contributed by atoms with E-state index in [2.05, 4.69) is 6.92 Å². The van der Waals surface area contributed by atoms with Crippen LogP contribution in [-0.2, 0) is 19.2 Å². The summed E-state index contributed by atoms with van der Waals surface area (Å²) < 4.78 is 2.10. The van der Waals surface area contributed by atoms with E-state index in [-0.39, 0.29) is 23.6 Å². The Hall–Kier alpha value is -1.54. The smallest absolute Gasteiger partial charge is 0.268 e. The van der Waals surface area contributed by atoms with Crippen molar-refractivity contribution in [1.82, 2.24) is 8.61 Å². The van der Waals surface area contributed by atoms with Crippen molar-refractivity contribution in [3.63, 3.8) is 0 Å². The van der Waals surface area contributed by atoms with Gasteiger partial charge >= 0.3 is 0 Å². The van der Waals surface area contributed by atoms with Gasteiger partial charge in [-0.05, 0) is 6.42 Å². The quantitative estimate of drug-likeness (QED) is 0.0464. The molecule has 3 heterocycles. The highest BCUT2D eigenvalue weighted by atomic mass is 33.1. The van der Waals surface area contributed by atoms with Crippen molar-refractivity contribution < 1.29 is 19.2 Å². The molecule has 0 N–H and O–H groups in total. The summed E-state index contributed by atoms with van der Waals surface area (Å²) in [6.45, 7) is 2.28. The number of amides is 4. The van der Waals surface area contributed by atoms with Crippen molar-refractivity contribution in [1.29, 1.82) is 0 Å². The van der Waals surface area contributed by atoms with Crippen molar-refractivity contribution in [2.24, 2.45) is 5.92 Å². The van der Waals surface area contributed by atoms with E-state index in [0.717, 1.165) is 49.8 Å². The van der Waals surface area contributed by atoms with E-state index in [9.17, 15) is 19.2 Å². The molecular formula is C34H54N2O4S2. The summed E-state index contributed by atoms with van der Waals surface area (Å²) in [4.78, 5) is 50.2. The number of hydrogen-bond acceptors (Lipinski definition) is 6. The van der Waals surface area contributed by atoms with Crippen molar-refractivity contribution in [3.8, 4) is 0 Å². The van der Waals surface area contributed by atoms with Crippen molar-refractivity contribution >= 4 is 45.6 Å². The van der Waals surface area contributed by atoms with Gasteiger partial charge < -0.3 is 0 Å². The first-order valence-corrected chi connectivity index (χ1v) is 19.2. The van der Waals surface area contributed by atoms with E-state index < -0.39 is 5.92 Å². The zero-order valence-corrected chi connectivity index (χ0v) is 27.7. The van der Waals surface area contributed by atoms with Gasteiger partial charge in [0.2, 0.25) is 0 Å². The summed E-state index contributed by atoms with van der Waals surface area (Å²) in [6.07, 6.45) is 34.0. The van der Waals surface area contributed by atoms with Crippen molar-refractivity contribution in [2.75, 3.05) is 0 Å². The SMILES string of the molecule is CCCCCCCCCCCCCCCCCCCCCCCCCC1C2=CC(=O)N(SSN3C(=O)C=C1C3=O)C2=O. The van der Waals surface area contributed by atoms with Gasteiger partial charge in [-0.15, -0.1) is 0 Å². The molecule has 3 rings (SSSR count). The zero-order chi connectivity index (χ0) is 30.0. The molecule has 0 aromatic rings. The van der Waals surface area contributed by atoms with Gasteiger partial charge in [0.15, 0.2) is 0 Å². The Morgan fingerprint density at radius 3 is 1.07 bits per heavy atom. The molecule has 1 fully saturated rings. The van der Waals surface area contributed by atoms with E-state index in [4.69, 9.17) is 0 Å². The third kappa shape index (κ3) is 11.5. The Morgan fingerprint density at radius 1 is 0.476 bits per heavy atom. The van der Waals surface area contributed by atoms with E-state index in [0.29, 0.717) is 17.6 Å². The summed E-state index contributed by atoms with van der Waals surface area (Å²) in [5.74, 6) is -1.96. The first kappa shape index (κ1) is 34.9. The lowest BCUT2D eigenvalue weighted by atomic mass is 9.86. The molecule has 8 heteroatoms. The lowest BCUT2D eigenvalue weighted by Gasteiger charge is -2.17. The molecule has 0 aliphatic carbocycles. The van der Waals surface area contributed by atoms with Crippen LogP contribution in [0.4, 0.5) is 0 Å². The van der Waals surface area contributed by atoms with Gasteiger partial charge in [-0.25, -0.2) is 8.61 Å². The summed E-state index contributed by atoms with van der Waals surface area (Å²) in [5.41, 5.74) is 0.700. The van der Waals surface area contributed by atoms with Gasteiger partial charge in [0.1, 0.15) is 0 Å². The number of rotatable bonds is 24. The molecule has 6 nitrogen and oxygen atoms in total. The molecule has 3 aliphatic rings. The highest BCUT2D eigenvalue weighted by Crippen LogP contribution is 2.44. The number of carbonyl (C=O) groups is 4. The largest absolute Gasteiger partial charge is 0.268 e. The highest BCUT2D eigenvalue weighted by Gasteiger charge is 2.45. The minimum atomic E-state index is -0.484. The van der Waals surface area contributed by atoms with Crippen LogP contribution in [0.1, 0.15) is 161 Å². The molecule has 1 saturated heterocycles. The summed E-state index contributed by atoms with van der Waals surface area (Å²) in [5, 5.41) is 0.